The SMILES string of the molecule is O=C(NCc1cccnc1)[C@H]1C[C@]12CCN(C(=O)CCc1ccccc1)C2. The average molecular weight is 363 g/mol. The topological polar surface area (TPSA) is 62.3 Å². The molecule has 0 unspecified atom stereocenters. The van der Waals surface area contributed by atoms with E-state index in [4.69, 9.17) is 0 Å². The first-order valence-corrected chi connectivity index (χ1v) is 9.65. The van der Waals surface area contributed by atoms with Crippen LogP contribution in [0.4, 0.5) is 0 Å². The van der Waals surface area contributed by atoms with Gasteiger partial charge in [-0.25, -0.2) is 0 Å². The lowest BCUT2D eigenvalue weighted by Crippen LogP contribution is -2.31. The number of pyridine rings is 1. The molecule has 1 saturated heterocycles. The summed E-state index contributed by atoms with van der Waals surface area (Å²) in [5, 5.41) is 3.02. The summed E-state index contributed by atoms with van der Waals surface area (Å²) in [4.78, 5) is 31.1. The second-order valence-corrected chi connectivity index (χ2v) is 7.75. The van der Waals surface area contributed by atoms with Gasteiger partial charge in [0.15, 0.2) is 0 Å². The van der Waals surface area contributed by atoms with Crippen molar-refractivity contribution in [2.75, 3.05) is 13.1 Å². The molecule has 1 N–H and O–H groups in total. The summed E-state index contributed by atoms with van der Waals surface area (Å²) >= 11 is 0. The number of nitrogens with zero attached hydrogens (tertiary/aromatic N) is 2. The van der Waals surface area contributed by atoms with Gasteiger partial charge in [0.1, 0.15) is 0 Å². The lowest BCUT2D eigenvalue weighted by molar-refractivity contribution is -0.130. The molecule has 1 aromatic heterocycles. The van der Waals surface area contributed by atoms with Crippen LogP contribution in [0.15, 0.2) is 54.9 Å². The number of hydrogen-bond acceptors (Lipinski definition) is 3. The Kier molecular flexibility index (Phi) is 4.92. The summed E-state index contributed by atoms with van der Waals surface area (Å²) in [5.74, 6) is 0.357. The van der Waals surface area contributed by atoms with Gasteiger partial charge in [0.25, 0.3) is 0 Å². The molecular formula is C22H25N3O2. The molecule has 1 spiro atoms. The maximum atomic E-state index is 12.5. The van der Waals surface area contributed by atoms with E-state index in [1.807, 2.05) is 35.2 Å². The molecule has 0 bridgehead atoms. The zero-order valence-electron chi connectivity index (χ0n) is 15.4. The van der Waals surface area contributed by atoms with E-state index < -0.39 is 0 Å². The van der Waals surface area contributed by atoms with E-state index in [0.29, 0.717) is 13.0 Å². The first-order valence-electron chi connectivity index (χ1n) is 9.65. The van der Waals surface area contributed by atoms with Gasteiger partial charge in [0.05, 0.1) is 0 Å². The maximum absolute atomic E-state index is 12.5. The second-order valence-electron chi connectivity index (χ2n) is 7.75. The Hall–Kier alpha value is -2.69. The fourth-order valence-electron chi connectivity index (χ4n) is 4.15. The van der Waals surface area contributed by atoms with Gasteiger partial charge in [0, 0.05) is 49.8 Å². The number of benzene rings is 1. The van der Waals surface area contributed by atoms with E-state index in [-0.39, 0.29) is 23.1 Å². The van der Waals surface area contributed by atoms with Crippen molar-refractivity contribution in [1.82, 2.24) is 15.2 Å². The van der Waals surface area contributed by atoms with Gasteiger partial charge in [-0.15, -0.1) is 0 Å². The van der Waals surface area contributed by atoms with Gasteiger partial charge in [-0.1, -0.05) is 36.4 Å². The fourth-order valence-corrected chi connectivity index (χ4v) is 4.15. The Morgan fingerprint density at radius 1 is 1.15 bits per heavy atom. The van der Waals surface area contributed by atoms with Crippen LogP contribution in [0.5, 0.6) is 0 Å². The number of aromatic nitrogens is 1. The molecule has 1 aliphatic heterocycles. The maximum Gasteiger partial charge on any atom is 0.224 e. The summed E-state index contributed by atoms with van der Waals surface area (Å²) in [6.07, 6.45) is 6.65. The summed E-state index contributed by atoms with van der Waals surface area (Å²) in [5.41, 5.74) is 2.21. The van der Waals surface area contributed by atoms with Crippen LogP contribution in [0.2, 0.25) is 0 Å². The van der Waals surface area contributed by atoms with Crippen LogP contribution in [0.25, 0.3) is 0 Å². The van der Waals surface area contributed by atoms with Crippen LogP contribution in [-0.2, 0) is 22.6 Å². The molecular weight excluding hydrogens is 338 g/mol. The van der Waals surface area contributed by atoms with Crippen LogP contribution in [0.1, 0.15) is 30.4 Å². The molecule has 4 rings (SSSR count). The van der Waals surface area contributed by atoms with E-state index >= 15 is 0 Å². The van der Waals surface area contributed by atoms with Crippen molar-refractivity contribution in [3.8, 4) is 0 Å². The summed E-state index contributed by atoms with van der Waals surface area (Å²) in [6, 6.07) is 13.9. The van der Waals surface area contributed by atoms with E-state index in [1.54, 1.807) is 12.4 Å². The Morgan fingerprint density at radius 3 is 2.74 bits per heavy atom. The van der Waals surface area contributed by atoms with Crippen molar-refractivity contribution in [3.63, 3.8) is 0 Å². The van der Waals surface area contributed by atoms with Crippen LogP contribution in [-0.4, -0.2) is 34.8 Å². The molecule has 5 heteroatoms. The van der Waals surface area contributed by atoms with Gasteiger partial charge >= 0.3 is 0 Å². The first-order chi connectivity index (χ1) is 13.2. The van der Waals surface area contributed by atoms with Crippen molar-refractivity contribution < 1.29 is 9.59 Å². The third kappa shape index (κ3) is 4.02. The number of carbonyl (C=O) groups is 2. The highest BCUT2D eigenvalue weighted by Crippen LogP contribution is 2.58. The lowest BCUT2D eigenvalue weighted by Gasteiger charge is -2.17. The van der Waals surface area contributed by atoms with Crippen molar-refractivity contribution in [3.05, 3.63) is 66.0 Å². The molecule has 2 aromatic rings. The van der Waals surface area contributed by atoms with E-state index in [9.17, 15) is 9.59 Å². The Morgan fingerprint density at radius 2 is 1.96 bits per heavy atom. The van der Waals surface area contributed by atoms with Crippen LogP contribution >= 0.6 is 0 Å². The largest absolute Gasteiger partial charge is 0.352 e. The normalized spacial score (nSPS) is 23.4. The third-order valence-electron chi connectivity index (χ3n) is 5.90. The molecule has 1 aromatic carbocycles. The molecule has 1 saturated carbocycles. The van der Waals surface area contributed by atoms with Gasteiger partial charge in [-0.05, 0) is 36.5 Å². The van der Waals surface area contributed by atoms with Crippen LogP contribution in [0, 0.1) is 11.3 Å². The smallest absolute Gasteiger partial charge is 0.224 e. The summed E-state index contributed by atoms with van der Waals surface area (Å²) in [6.45, 7) is 2.02. The molecule has 2 heterocycles. The Bertz CT molecular complexity index is 753. The molecule has 2 amide bonds. The highest BCUT2D eigenvalue weighted by molar-refractivity contribution is 5.83. The quantitative estimate of drug-likeness (QED) is 0.858. The number of carbonyl (C=O) groups excluding carboxylic acids is 2. The van der Waals surface area contributed by atoms with Crippen molar-refractivity contribution in [2.45, 2.75) is 32.2 Å². The highest BCUT2D eigenvalue weighted by Gasteiger charge is 2.61. The molecule has 140 valence electrons. The second kappa shape index (κ2) is 7.51. The molecule has 0 radical (unpaired) electrons. The molecule has 1 aliphatic carbocycles. The Labute approximate surface area is 159 Å². The molecule has 27 heavy (non-hydrogen) atoms. The van der Waals surface area contributed by atoms with E-state index in [2.05, 4.69) is 22.4 Å². The zero-order chi connectivity index (χ0) is 18.7. The summed E-state index contributed by atoms with van der Waals surface area (Å²) < 4.78 is 0. The van der Waals surface area contributed by atoms with Gasteiger partial charge in [-0.3, -0.25) is 14.6 Å². The number of aryl methyl sites for hydroxylation is 1. The number of rotatable bonds is 6. The first kappa shape index (κ1) is 17.7. The van der Waals surface area contributed by atoms with Crippen molar-refractivity contribution in [1.29, 1.82) is 0 Å². The minimum atomic E-state index is 0.0153. The predicted molar refractivity (Wildman–Crippen MR) is 103 cm³/mol. The number of nitrogens with one attached hydrogen (secondary N) is 1. The third-order valence-corrected chi connectivity index (χ3v) is 5.90. The zero-order valence-corrected chi connectivity index (χ0v) is 15.4. The fraction of sp³-hybridized carbons (Fsp3) is 0.409. The standard InChI is InChI=1S/C22H25N3O2/c26-20(9-8-17-5-2-1-3-6-17)25-12-10-22(16-25)13-19(22)21(27)24-15-18-7-4-11-23-14-18/h1-7,11,14,19H,8-10,12-13,15-16H2,(H,24,27)/t19-,22+/m1/s1. The molecule has 2 aliphatic rings. The number of likely N-dealkylation sites (tertiary alicyclic amines) is 1. The summed E-state index contributed by atoms with van der Waals surface area (Å²) in [7, 11) is 0. The van der Waals surface area contributed by atoms with Crippen molar-refractivity contribution >= 4 is 11.8 Å². The Balaban J connectivity index is 1.24. The molecule has 5 nitrogen and oxygen atoms in total. The monoisotopic (exact) mass is 363 g/mol. The molecule has 2 atom stereocenters. The predicted octanol–water partition coefficient (Wildman–Crippen LogP) is 2.57. The van der Waals surface area contributed by atoms with Gasteiger partial charge in [0.2, 0.25) is 11.8 Å². The average Bonchev–Trinajstić information content (AvgIpc) is 3.25. The highest BCUT2D eigenvalue weighted by atomic mass is 16.2. The lowest BCUT2D eigenvalue weighted by atomic mass is 10.0. The molecule has 2 fully saturated rings. The number of hydrogen-bond donors (Lipinski definition) is 1. The minimum Gasteiger partial charge on any atom is -0.352 e. The van der Waals surface area contributed by atoms with Crippen LogP contribution < -0.4 is 5.32 Å². The minimum absolute atomic E-state index is 0.0153. The van der Waals surface area contributed by atoms with Gasteiger partial charge < -0.3 is 10.2 Å². The van der Waals surface area contributed by atoms with E-state index in [0.717, 1.165) is 37.9 Å². The van der Waals surface area contributed by atoms with Crippen molar-refractivity contribution in [2.24, 2.45) is 11.3 Å². The van der Waals surface area contributed by atoms with Gasteiger partial charge in [-0.2, -0.15) is 0 Å². The number of amides is 2. The van der Waals surface area contributed by atoms with E-state index in [1.165, 1.54) is 5.56 Å². The van der Waals surface area contributed by atoms with Crippen LogP contribution in [0.3, 0.4) is 0 Å².